The monoisotopic (exact) mass is 1220 g/mol. The third-order valence-electron chi connectivity index (χ3n) is 20.2. The number of para-hydroxylation sites is 2. The minimum atomic E-state index is 0.550. The van der Waals surface area contributed by atoms with Gasteiger partial charge in [-0.2, -0.15) is 0 Å². The second kappa shape index (κ2) is 20.3. The summed E-state index contributed by atoms with van der Waals surface area (Å²) in [4.78, 5) is 21.7. The maximum Gasteiger partial charge on any atom is 0.160 e. The Labute approximate surface area is 549 Å². The van der Waals surface area contributed by atoms with Crippen LogP contribution in [0.2, 0.25) is 0 Å². The molecule has 8 heteroatoms. The molecule has 0 aliphatic heterocycles. The molecule has 0 unspecified atom stereocenters. The predicted octanol–water partition coefficient (Wildman–Crippen LogP) is 21.8. The van der Waals surface area contributed by atoms with E-state index < -0.39 is 0 Å². The van der Waals surface area contributed by atoms with Crippen molar-refractivity contribution in [3.05, 3.63) is 309 Å². The predicted molar refractivity (Wildman–Crippen MR) is 396 cm³/mol. The summed E-state index contributed by atoms with van der Waals surface area (Å²) >= 11 is 0. The summed E-state index contributed by atoms with van der Waals surface area (Å²) in [6.07, 6.45) is 8.33. The molecule has 8 nitrogen and oxygen atoms in total. The Morgan fingerprint density at radius 1 is 0.354 bits per heavy atom. The molecule has 20 aromatic rings. The molecule has 21 rings (SSSR count). The first kappa shape index (κ1) is 52.6. The molecule has 6 aromatic heterocycles. The summed E-state index contributed by atoms with van der Waals surface area (Å²) in [6, 6.07) is 106. The fraction of sp³-hybridized carbons (Fsp3) is 0.0227. The van der Waals surface area contributed by atoms with Crippen molar-refractivity contribution >= 4 is 137 Å². The number of hydrogen-bond acceptors (Lipinski definition) is 4. The van der Waals surface area contributed by atoms with E-state index in [9.17, 15) is 0 Å². The van der Waals surface area contributed by atoms with Crippen LogP contribution in [0.25, 0.3) is 193 Å². The SMILES string of the molecule is c1ccc2c(c#1)ccc1c3ccc4c(c5ccc6ccccc6c5n4-c4ccccc4)c3n(-c3cc(-c4nc(-c5ccccc5)c5nc(-c6ccccc6)ncc5n4)cc(-n4c5c6c(ccc5c5ccc7c(c8ccc9ccccc9c8n7-c7ccccc7)c54)C=CCC6)c3)c21. The number of hydrogen-bond donors (Lipinski definition) is 0. The van der Waals surface area contributed by atoms with Crippen LogP contribution in [0.3, 0.4) is 0 Å². The van der Waals surface area contributed by atoms with E-state index in [0.717, 1.165) is 123 Å². The van der Waals surface area contributed by atoms with Crippen molar-refractivity contribution in [2.24, 2.45) is 0 Å². The highest BCUT2D eigenvalue weighted by molar-refractivity contribution is 6.32. The van der Waals surface area contributed by atoms with Crippen molar-refractivity contribution in [2.45, 2.75) is 12.8 Å². The van der Waals surface area contributed by atoms with Gasteiger partial charge in [-0.05, 0) is 108 Å². The van der Waals surface area contributed by atoms with Gasteiger partial charge in [0.05, 0.1) is 50.3 Å². The smallest absolute Gasteiger partial charge is 0.160 e. The molecule has 0 fully saturated rings. The normalized spacial score (nSPS) is 12.6. The Kier molecular flexibility index (Phi) is 11.1. The second-order valence-electron chi connectivity index (χ2n) is 25.4. The summed E-state index contributed by atoms with van der Waals surface area (Å²) < 4.78 is 10.1. The van der Waals surface area contributed by atoms with E-state index in [0.29, 0.717) is 22.7 Å². The van der Waals surface area contributed by atoms with Crippen molar-refractivity contribution < 1.29 is 0 Å². The van der Waals surface area contributed by atoms with Crippen LogP contribution in [0.1, 0.15) is 17.5 Å². The third-order valence-corrected chi connectivity index (χ3v) is 20.2. The lowest BCUT2D eigenvalue weighted by Gasteiger charge is -2.19. The molecule has 0 atom stereocenters. The van der Waals surface area contributed by atoms with E-state index in [4.69, 9.17) is 19.9 Å². The minimum Gasteiger partial charge on any atom is -0.309 e. The summed E-state index contributed by atoms with van der Waals surface area (Å²) in [6.45, 7) is 0. The lowest BCUT2D eigenvalue weighted by Crippen LogP contribution is -2.05. The van der Waals surface area contributed by atoms with Gasteiger partial charge in [0.1, 0.15) is 16.7 Å². The van der Waals surface area contributed by atoms with E-state index in [-0.39, 0.29) is 0 Å². The van der Waals surface area contributed by atoms with Crippen molar-refractivity contribution in [1.29, 1.82) is 0 Å². The zero-order valence-electron chi connectivity index (χ0n) is 51.7. The molecule has 0 saturated heterocycles. The topological polar surface area (TPSA) is 71.3 Å². The van der Waals surface area contributed by atoms with Gasteiger partial charge < -0.3 is 18.3 Å². The van der Waals surface area contributed by atoms with Crippen LogP contribution in [0.5, 0.6) is 0 Å². The average molecular weight is 1220 g/mol. The van der Waals surface area contributed by atoms with Gasteiger partial charge in [-0.1, -0.05) is 224 Å². The Morgan fingerprint density at radius 3 is 1.53 bits per heavy atom. The number of aromatic nitrogens is 8. The molecule has 0 radical (unpaired) electrons. The van der Waals surface area contributed by atoms with Crippen LogP contribution in [0.15, 0.2) is 285 Å². The first-order chi connectivity index (χ1) is 47.6. The Balaban J connectivity index is 0.967. The summed E-state index contributed by atoms with van der Waals surface area (Å²) in [5.74, 6) is 1.16. The van der Waals surface area contributed by atoms with E-state index in [1.165, 1.54) is 65.3 Å². The van der Waals surface area contributed by atoms with E-state index in [1.807, 2.05) is 48.7 Å². The minimum absolute atomic E-state index is 0.550. The van der Waals surface area contributed by atoms with Gasteiger partial charge in [0.15, 0.2) is 11.6 Å². The van der Waals surface area contributed by atoms with Crippen molar-refractivity contribution in [3.63, 3.8) is 0 Å². The molecule has 14 aromatic carbocycles. The highest BCUT2D eigenvalue weighted by atomic mass is 15.1. The summed E-state index contributed by atoms with van der Waals surface area (Å²) in [5.41, 5.74) is 20.4. The lowest BCUT2D eigenvalue weighted by atomic mass is 9.94. The summed E-state index contributed by atoms with van der Waals surface area (Å²) in [5, 5.41) is 16.1. The quantitative estimate of drug-likeness (QED) is 0.159. The molecule has 0 saturated carbocycles. The van der Waals surface area contributed by atoms with E-state index in [2.05, 4.69) is 273 Å². The molecule has 444 valence electrons. The largest absolute Gasteiger partial charge is 0.309 e. The molecule has 0 N–H and O–H groups in total. The molecule has 0 spiro atoms. The average Bonchev–Trinajstić information content (AvgIpc) is 1.54. The number of benzene rings is 13. The van der Waals surface area contributed by atoms with Crippen molar-refractivity contribution in [3.8, 4) is 56.8 Å². The Bertz CT molecular complexity index is 6730. The van der Waals surface area contributed by atoms with Crippen LogP contribution in [-0.4, -0.2) is 38.2 Å². The third kappa shape index (κ3) is 7.56. The van der Waals surface area contributed by atoms with Gasteiger partial charge in [-0.15, -0.1) is 0 Å². The molecule has 96 heavy (non-hydrogen) atoms. The maximum atomic E-state index is 5.76. The fourth-order valence-electron chi connectivity index (χ4n) is 16.2. The Hall–Kier alpha value is -13.0. The van der Waals surface area contributed by atoms with E-state index >= 15 is 0 Å². The summed E-state index contributed by atoms with van der Waals surface area (Å²) in [7, 11) is 0. The molecule has 1 aliphatic rings. The molecule has 1 aliphatic carbocycles. The van der Waals surface area contributed by atoms with Crippen LogP contribution >= 0.6 is 0 Å². The molecule has 0 bridgehead atoms. The van der Waals surface area contributed by atoms with Crippen LogP contribution in [0.4, 0.5) is 0 Å². The Morgan fingerprint density at radius 2 is 0.885 bits per heavy atom. The van der Waals surface area contributed by atoms with Gasteiger partial charge in [-0.3, -0.25) is 0 Å². The van der Waals surface area contributed by atoms with Gasteiger partial charge in [0, 0.05) is 104 Å². The molecule has 6 heterocycles. The van der Waals surface area contributed by atoms with Crippen molar-refractivity contribution in [1.82, 2.24) is 38.2 Å². The standard InChI is InChI=1S/C88H52N8/c1-5-25-57(26-6-1)79-80-74(52-89-87(92-80)58-27-7-2-8-28-58)90-88(91-79)59-49-62(95-81-64-33-17-13-21-53(64)37-41-68(81)70-45-47-75-77(85(70)95)72-43-39-55-23-15-19-35-66(55)83(72)93(75)60-29-9-3-10-30-60)51-63(50-59)96-82-65-34-18-14-22-54(65)38-42-69(82)71-46-48-76-78(86(71)96)73-44-40-56-24-16-20-36-67(56)84(73)94(76)61-31-11-4-12-32-61/h1-13,15-16,18-21,23-32,34-52H,17,33H2. The first-order valence-electron chi connectivity index (χ1n) is 32.8. The number of nitrogens with zero attached hydrogens (tertiary/aromatic N) is 8. The number of fused-ring (bicyclic) bond motifs is 23. The number of aryl methyl sites for hydroxylation is 1. The highest BCUT2D eigenvalue weighted by Gasteiger charge is 2.29. The molecular formula is C88H52N8. The number of rotatable bonds is 7. The highest BCUT2D eigenvalue weighted by Crippen LogP contribution is 2.49. The lowest BCUT2D eigenvalue weighted by molar-refractivity contribution is 0.984. The maximum absolute atomic E-state index is 5.76. The van der Waals surface area contributed by atoms with Crippen LogP contribution in [-0.2, 0) is 6.42 Å². The number of allylic oxidation sites excluding steroid dienone is 1. The first-order valence-corrected chi connectivity index (χ1v) is 32.8. The van der Waals surface area contributed by atoms with Crippen LogP contribution in [0, 0.1) is 12.1 Å². The van der Waals surface area contributed by atoms with Gasteiger partial charge in [-0.25, -0.2) is 19.9 Å². The zero-order chi connectivity index (χ0) is 62.7. The molecular weight excluding hydrogens is 1170 g/mol. The van der Waals surface area contributed by atoms with Gasteiger partial charge in [0.25, 0.3) is 0 Å². The van der Waals surface area contributed by atoms with Gasteiger partial charge >= 0.3 is 0 Å². The second-order valence-corrected chi connectivity index (χ2v) is 25.4. The molecule has 0 amide bonds. The fourth-order valence-corrected chi connectivity index (χ4v) is 16.2. The zero-order valence-corrected chi connectivity index (χ0v) is 51.7. The van der Waals surface area contributed by atoms with Crippen molar-refractivity contribution in [2.75, 3.05) is 0 Å². The van der Waals surface area contributed by atoms with E-state index in [1.54, 1.807) is 0 Å². The van der Waals surface area contributed by atoms with Gasteiger partial charge in [0.2, 0.25) is 0 Å². The van der Waals surface area contributed by atoms with Crippen LogP contribution < -0.4 is 0 Å².